The normalized spacial score (nSPS) is 13.9. The van der Waals surface area contributed by atoms with Gasteiger partial charge in [-0.1, -0.05) is 0 Å². The van der Waals surface area contributed by atoms with Gasteiger partial charge >= 0.3 is 25.7 Å². The van der Waals surface area contributed by atoms with Gasteiger partial charge in [0.2, 0.25) is 0 Å². The molecule has 2 nitrogen and oxygen atoms in total. The minimum absolute atomic E-state index is 0. The molecule has 0 atom stereocenters. The summed E-state index contributed by atoms with van der Waals surface area (Å²) in [5.74, 6) is -20.2. The quantitative estimate of drug-likeness (QED) is 0.533. The van der Waals surface area contributed by atoms with E-state index in [0.29, 0.717) is 0 Å². The number of rotatable bonds is 0. The SMILES string of the molecule is O.O[Si](C(F)(F)F)(C(F)(F)F)C(F)(F)F.[Ti]. The molecule has 0 aromatic carbocycles. The van der Waals surface area contributed by atoms with Crippen LogP contribution in [0.2, 0.25) is 0 Å². The maximum Gasteiger partial charge on any atom is 0.545 e. The first-order valence-electron chi connectivity index (χ1n) is 2.67. The molecular weight excluding hydrogens is 315 g/mol. The molecule has 0 aromatic rings. The van der Waals surface area contributed by atoms with E-state index in [1.165, 1.54) is 0 Å². The van der Waals surface area contributed by atoms with Crippen LogP contribution < -0.4 is 0 Å². The zero-order chi connectivity index (χ0) is 12.0. The fourth-order valence-electron chi connectivity index (χ4n) is 0.482. The van der Waals surface area contributed by atoms with E-state index >= 15 is 0 Å². The second kappa shape index (κ2) is 5.25. The molecular formula is C3H3F9O2SiTi. The monoisotopic (exact) mass is 318 g/mol. The van der Waals surface area contributed by atoms with E-state index in [9.17, 15) is 39.5 Å². The average molecular weight is 318 g/mol. The predicted molar refractivity (Wildman–Crippen MR) is 29.8 cm³/mol. The second-order valence-corrected chi connectivity index (χ2v) is 5.33. The van der Waals surface area contributed by atoms with Crippen LogP contribution in [0.5, 0.6) is 0 Å². The summed E-state index contributed by atoms with van der Waals surface area (Å²) in [7, 11) is -8.35. The Balaban J connectivity index is -0.000000845. The van der Waals surface area contributed by atoms with Crippen LogP contribution >= 0.6 is 0 Å². The summed E-state index contributed by atoms with van der Waals surface area (Å²) < 4.78 is 103. The summed E-state index contributed by atoms with van der Waals surface area (Å²) >= 11 is 0. The third-order valence-electron chi connectivity index (χ3n) is 1.23. The van der Waals surface area contributed by atoms with E-state index in [0.717, 1.165) is 0 Å². The molecule has 0 aliphatic heterocycles. The third kappa shape index (κ3) is 3.35. The van der Waals surface area contributed by atoms with Gasteiger partial charge in [0.05, 0.1) is 0 Å². The van der Waals surface area contributed by atoms with Gasteiger partial charge in [0, 0.05) is 21.7 Å². The number of hydrogen-bond donors (Lipinski definition) is 1. The van der Waals surface area contributed by atoms with E-state index < -0.39 is 25.7 Å². The van der Waals surface area contributed by atoms with Gasteiger partial charge in [0.25, 0.3) is 0 Å². The molecule has 0 spiro atoms. The van der Waals surface area contributed by atoms with Gasteiger partial charge in [-0.2, -0.15) is 39.5 Å². The first-order chi connectivity index (χ1) is 5.75. The van der Waals surface area contributed by atoms with Crippen LogP contribution in [0.1, 0.15) is 0 Å². The van der Waals surface area contributed by atoms with Crippen molar-refractivity contribution >= 4 is 8.32 Å². The summed E-state index contributed by atoms with van der Waals surface area (Å²) in [5, 5.41) is 0. The van der Waals surface area contributed by atoms with Crippen molar-refractivity contribution < 1.29 is 71.5 Å². The van der Waals surface area contributed by atoms with Crippen molar-refractivity contribution in [1.82, 2.24) is 0 Å². The van der Waals surface area contributed by atoms with Gasteiger partial charge in [0.15, 0.2) is 0 Å². The Labute approximate surface area is 97.7 Å². The largest absolute Gasteiger partial charge is 0.545 e. The van der Waals surface area contributed by atoms with Crippen molar-refractivity contribution in [3.8, 4) is 0 Å². The molecule has 0 fully saturated rings. The van der Waals surface area contributed by atoms with Gasteiger partial charge in [-0.15, -0.1) is 0 Å². The smallest absolute Gasteiger partial charge is 0.413 e. The van der Waals surface area contributed by atoms with Gasteiger partial charge in [-0.25, -0.2) is 0 Å². The molecule has 0 radical (unpaired) electrons. The van der Waals surface area contributed by atoms with Crippen LogP contribution in [0.3, 0.4) is 0 Å². The summed E-state index contributed by atoms with van der Waals surface area (Å²) in [6.45, 7) is 0. The number of hydrogen-bond acceptors (Lipinski definition) is 1. The summed E-state index contributed by atoms with van der Waals surface area (Å²) in [4.78, 5) is 7.78. The molecule has 3 N–H and O–H groups in total. The fourth-order valence-corrected chi connectivity index (χ4v) is 1.45. The second-order valence-electron chi connectivity index (χ2n) is 2.20. The molecule has 16 heavy (non-hydrogen) atoms. The zero-order valence-corrected chi connectivity index (χ0v) is 9.41. The van der Waals surface area contributed by atoms with E-state index in [1.807, 2.05) is 0 Å². The number of halogens is 9. The fraction of sp³-hybridized carbons (Fsp3) is 1.00. The van der Waals surface area contributed by atoms with Crippen LogP contribution in [0, 0.1) is 0 Å². The van der Waals surface area contributed by atoms with Crippen molar-refractivity contribution in [2.45, 2.75) is 17.4 Å². The minimum atomic E-state index is -8.35. The van der Waals surface area contributed by atoms with Crippen molar-refractivity contribution in [1.29, 1.82) is 0 Å². The Bertz CT molecular complexity index is 182. The number of alkyl halides is 9. The molecule has 0 bridgehead atoms. The molecule has 0 saturated carbocycles. The van der Waals surface area contributed by atoms with Crippen LogP contribution in [0.15, 0.2) is 0 Å². The summed E-state index contributed by atoms with van der Waals surface area (Å²) in [6, 6.07) is 0. The van der Waals surface area contributed by atoms with Gasteiger partial charge in [-0.3, -0.25) is 0 Å². The first kappa shape index (κ1) is 21.5. The van der Waals surface area contributed by atoms with Crippen molar-refractivity contribution in [2.75, 3.05) is 0 Å². The van der Waals surface area contributed by atoms with E-state index in [2.05, 4.69) is 0 Å². The molecule has 0 rings (SSSR count). The molecule has 0 saturated heterocycles. The van der Waals surface area contributed by atoms with Crippen molar-refractivity contribution in [3.63, 3.8) is 0 Å². The topological polar surface area (TPSA) is 51.7 Å². The van der Waals surface area contributed by atoms with Crippen LogP contribution in [-0.2, 0) is 21.7 Å². The van der Waals surface area contributed by atoms with Gasteiger partial charge in [0.1, 0.15) is 0 Å². The maximum absolute atomic E-state index is 11.5. The van der Waals surface area contributed by atoms with Crippen molar-refractivity contribution in [3.05, 3.63) is 0 Å². The van der Waals surface area contributed by atoms with Crippen LogP contribution in [-0.4, -0.2) is 36.0 Å². The average Bonchev–Trinajstić information content (AvgIpc) is 1.77. The molecule has 0 amide bonds. The Kier molecular flexibility index (Phi) is 7.05. The Hall–Kier alpha value is 0.221. The molecule has 0 aliphatic carbocycles. The Morgan fingerprint density at radius 1 is 0.625 bits per heavy atom. The molecule has 13 heteroatoms. The molecule has 0 aromatic heterocycles. The van der Waals surface area contributed by atoms with E-state index in [-0.39, 0.29) is 27.2 Å². The minimum Gasteiger partial charge on any atom is -0.413 e. The summed E-state index contributed by atoms with van der Waals surface area (Å²) in [6.07, 6.45) is 0. The predicted octanol–water partition coefficient (Wildman–Crippen LogP) is 1.40. The molecule has 98 valence electrons. The van der Waals surface area contributed by atoms with E-state index in [4.69, 9.17) is 4.80 Å². The van der Waals surface area contributed by atoms with Crippen LogP contribution in [0.25, 0.3) is 0 Å². The van der Waals surface area contributed by atoms with E-state index in [1.54, 1.807) is 0 Å². The molecule has 0 aliphatic rings. The zero-order valence-electron chi connectivity index (χ0n) is 6.85. The van der Waals surface area contributed by atoms with Gasteiger partial charge in [-0.05, 0) is 0 Å². The molecule has 0 heterocycles. The van der Waals surface area contributed by atoms with Gasteiger partial charge < -0.3 is 10.3 Å². The van der Waals surface area contributed by atoms with Crippen molar-refractivity contribution in [2.24, 2.45) is 0 Å². The Morgan fingerprint density at radius 2 is 0.750 bits per heavy atom. The molecule has 0 unspecified atom stereocenters. The first-order valence-corrected chi connectivity index (χ1v) is 4.62. The Morgan fingerprint density at radius 3 is 0.750 bits per heavy atom. The van der Waals surface area contributed by atoms with Crippen LogP contribution in [0.4, 0.5) is 39.5 Å². The standard InChI is InChI=1S/C3HF9OSi.H2O.Ti/c4-1(5,6)14(13,2(7,8)9)3(10,11)12;;/h13H;1H2;. The third-order valence-corrected chi connectivity index (χ3v) is 3.69. The summed E-state index contributed by atoms with van der Waals surface area (Å²) in [5.41, 5.74) is 0. The maximum atomic E-state index is 11.5.